The Morgan fingerprint density at radius 1 is 1.57 bits per heavy atom. The van der Waals surface area contributed by atoms with Crippen molar-refractivity contribution in [1.82, 2.24) is 0 Å². The van der Waals surface area contributed by atoms with Crippen LogP contribution in [0.4, 0.5) is 0 Å². The van der Waals surface area contributed by atoms with Gasteiger partial charge in [0.15, 0.2) is 0 Å². The van der Waals surface area contributed by atoms with E-state index in [1.54, 1.807) is 0 Å². The lowest BCUT2D eigenvalue weighted by atomic mass is 9.80. The van der Waals surface area contributed by atoms with Gasteiger partial charge in [0.2, 0.25) is 0 Å². The molecule has 1 fully saturated rings. The van der Waals surface area contributed by atoms with Crippen molar-refractivity contribution in [3.05, 3.63) is 0 Å². The fourth-order valence-corrected chi connectivity index (χ4v) is 2.49. The van der Waals surface area contributed by atoms with Crippen LogP contribution >= 0.6 is 0 Å². The van der Waals surface area contributed by atoms with E-state index in [9.17, 15) is 5.11 Å². The highest BCUT2D eigenvalue weighted by atomic mass is 16.5. The molecule has 14 heavy (non-hydrogen) atoms. The van der Waals surface area contributed by atoms with Crippen LogP contribution < -0.4 is 0 Å². The van der Waals surface area contributed by atoms with Crippen LogP contribution in [0.25, 0.3) is 0 Å². The molecule has 0 bridgehead atoms. The Hall–Kier alpha value is -0.0800. The van der Waals surface area contributed by atoms with Crippen molar-refractivity contribution in [3.63, 3.8) is 0 Å². The SMILES string of the molecule is CCCC(C)CC(C)(O)C1CCOC1. The van der Waals surface area contributed by atoms with E-state index >= 15 is 0 Å². The molecular formula is C12H24O2. The van der Waals surface area contributed by atoms with Gasteiger partial charge in [0.25, 0.3) is 0 Å². The number of ether oxygens (including phenoxy) is 1. The lowest BCUT2D eigenvalue weighted by molar-refractivity contribution is -0.0242. The van der Waals surface area contributed by atoms with Crippen LogP contribution in [-0.2, 0) is 4.74 Å². The summed E-state index contributed by atoms with van der Waals surface area (Å²) >= 11 is 0. The van der Waals surface area contributed by atoms with Gasteiger partial charge >= 0.3 is 0 Å². The van der Waals surface area contributed by atoms with Crippen molar-refractivity contribution < 1.29 is 9.84 Å². The first-order valence-electron chi connectivity index (χ1n) is 5.86. The molecule has 3 atom stereocenters. The molecule has 0 amide bonds. The van der Waals surface area contributed by atoms with Crippen LogP contribution in [0.15, 0.2) is 0 Å². The van der Waals surface area contributed by atoms with Crippen molar-refractivity contribution >= 4 is 0 Å². The molecule has 1 heterocycles. The molecular weight excluding hydrogens is 176 g/mol. The Bertz CT molecular complexity index is 160. The van der Waals surface area contributed by atoms with Crippen molar-refractivity contribution in [2.45, 2.75) is 52.1 Å². The lowest BCUT2D eigenvalue weighted by Gasteiger charge is -2.31. The Morgan fingerprint density at radius 3 is 2.79 bits per heavy atom. The average molecular weight is 200 g/mol. The van der Waals surface area contributed by atoms with E-state index in [4.69, 9.17) is 4.74 Å². The molecule has 0 spiro atoms. The first-order chi connectivity index (χ1) is 6.56. The second-order valence-corrected chi connectivity index (χ2v) is 5.02. The Labute approximate surface area is 87.7 Å². The first kappa shape index (κ1) is 12.0. The number of hydrogen-bond acceptors (Lipinski definition) is 2. The number of rotatable bonds is 5. The Kier molecular flexibility index (Phi) is 4.39. The van der Waals surface area contributed by atoms with Gasteiger partial charge in [-0.3, -0.25) is 0 Å². The minimum absolute atomic E-state index is 0.349. The molecule has 1 aliphatic rings. The number of hydrogen-bond donors (Lipinski definition) is 1. The third-order valence-corrected chi connectivity index (χ3v) is 3.35. The van der Waals surface area contributed by atoms with Gasteiger partial charge in [0, 0.05) is 12.5 Å². The van der Waals surface area contributed by atoms with E-state index in [2.05, 4.69) is 13.8 Å². The first-order valence-corrected chi connectivity index (χ1v) is 5.86. The molecule has 0 aromatic carbocycles. The van der Waals surface area contributed by atoms with E-state index in [1.165, 1.54) is 12.8 Å². The van der Waals surface area contributed by atoms with Crippen LogP contribution in [0.2, 0.25) is 0 Å². The van der Waals surface area contributed by atoms with Gasteiger partial charge in [-0.2, -0.15) is 0 Å². The normalized spacial score (nSPS) is 28.7. The summed E-state index contributed by atoms with van der Waals surface area (Å²) < 4.78 is 5.32. The van der Waals surface area contributed by atoms with Gasteiger partial charge in [0.1, 0.15) is 0 Å². The van der Waals surface area contributed by atoms with Gasteiger partial charge in [-0.25, -0.2) is 0 Å². The van der Waals surface area contributed by atoms with Crippen LogP contribution in [-0.4, -0.2) is 23.9 Å². The summed E-state index contributed by atoms with van der Waals surface area (Å²) in [6.45, 7) is 7.96. The third kappa shape index (κ3) is 3.25. The zero-order valence-corrected chi connectivity index (χ0v) is 9.75. The molecule has 2 nitrogen and oxygen atoms in total. The quantitative estimate of drug-likeness (QED) is 0.739. The topological polar surface area (TPSA) is 29.5 Å². The Morgan fingerprint density at radius 2 is 2.29 bits per heavy atom. The minimum atomic E-state index is -0.523. The molecule has 84 valence electrons. The van der Waals surface area contributed by atoms with E-state index in [1.807, 2.05) is 6.92 Å². The maximum Gasteiger partial charge on any atom is 0.0673 e. The summed E-state index contributed by atoms with van der Waals surface area (Å²) in [5.41, 5.74) is -0.523. The molecule has 0 aromatic rings. The van der Waals surface area contributed by atoms with E-state index in [0.29, 0.717) is 11.8 Å². The van der Waals surface area contributed by atoms with Crippen molar-refractivity contribution in [1.29, 1.82) is 0 Å². The molecule has 1 aliphatic heterocycles. The molecule has 0 saturated carbocycles. The second kappa shape index (κ2) is 5.13. The molecule has 1 saturated heterocycles. The fourth-order valence-electron chi connectivity index (χ4n) is 2.49. The minimum Gasteiger partial charge on any atom is -0.390 e. The standard InChI is InChI=1S/C12H24O2/c1-4-5-10(2)8-12(3,13)11-6-7-14-9-11/h10-11,13H,4-9H2,1-3H3. The molecule has 3 unspecified atom stereocenters. The number of aliphatic hydroxyl groups is 1. The highest BCUT2D eigenvalue weighted by molar-refractivity contribution is 4.85. The molecule has 0 radical (unpaired) electrons. The average Bonchev–Trinajstić information content (AvgIpc) is 2.54. The maximum absolute atomic E-state index is 10.3. The predicted molar refractivity (Wildman–Crippen MR) is 58.2 cm³/mol. The summed E-state index contributed by atoms with van der Waals surface area (Å²) in [5.74, 6) is 0.970. The second-order valence-electron chi connectivity index (χ2n) is 5.02. The smallest absolute Gasteiger partial charge is 0.0673 e. The summed E-state index contributed by atoms with van der Waals surface area (Å²) in [6.07, 6.45) is 4.35. The van der Waals surface area contributed by atoms with Gasteiger partial charge < -0.3 is 9.84 Å². The predicted octanol–water partition coefficient (Wildman–Crippen LogP) is 2.60. The van der Waals surface area contributed by atoms with Crippen molar-refractivity contribution in [2.24, 2.45) is 11.8 Å². The molecule has 0 aromatic heterocycles. The van der Waals surface area contributed by atoms with Crippen LogP contribution in [0.1, 0.15) is 46.5 Å². The lowest BCUT2D eigenvalue weighted by Crippen LogP contribution is -2.36. The van der Waals surface area contributed by atoms with E-state index in [0.717, 1.165) is 26.1 Å². The Balaban J connectivity index is 2.39. The van der Waals surface area contributed by atoms with Crippen LogP contribution in [0, 0.1) is 11.8 Å². The van der Waals surface area contributed by atoms with Crippen LogP contribution in [0.3, 0.4) is 0 Å². The van der Waals surface area contributed by atoms with E-state index < -0.39 is 5.60 Å². The zero-order chi connectivity index (χ0) is 10.6. The highest BCUT2D eigenvalue weighted by Gasteiger charge is 2.35. The third-order valence-electron chi connectivity index (χ3n) is 3.35. The monoisotopic (exact) mass is 200 g/mol. The summed E-state index contributed by atoms with van der Waals surface area (Å²) in [6, 6.07) is 0. The molecule has 0 aliphatic carbocycles. The van der Waals surface area contributed by atoms with Crippen LogP contribution in [0.5, 0.6) is 0 Å². The zero-order valence-electron chi connectivity index (χ0n) is 9.75. The largest absolute Gasteiger partial charge is 0.390 e. The van der Waals surface area contributed by atoms with Crippen molar-refractivity contribution in [2.75, 3.05) is 13.2 Å². The molecule has 2 heteroatoms. The summed E-state index contributed by atoms with van der Waals surface area (Å²) in [7, 11) is 0. The van der Waals surface area contributed by atoms with E-state index in [-0.39, 0.29) is 0 Å². The fraction of sp³-hybridized carbons (Fsp3) is 1.00. The van der Waals surface area contributed by atoms with Gasteiger partial charge in [-0.05, 0) is 25.7 Å². The molecule has 1 rings (SSSR count). The van der Waals surface area contributed by atoms with Gasteiger partial charge in [-0.1, -0.05) is 26.7 Å². The maximum atomic E-state index is 10.3. The summed E-state index contributed by atoms with van der Waals surface area (Å²) in [5, 5.41) is 10.3. The van der Waals surface area contributed by atoms with Crippen molar-refractivity contribution in [3.8, 4) is 0 Å². The summed E-state index contributed by atoms with van der Waals surface area (Å²) in [4.78, 5) is 0. The molecule has 1 N–H and O–H groups in total. The van der Waals surface area contributed by atoms with Gasteiger partial charge in [-0.15, -0.1) is 0 Å². The highest BCUT2D eigenvalue weighted by Crippen LogP contribution is 2.32. The van der Waals surface area contributed by atoms with Gasteiger partial charge in [0.05, 0.1) is 12.2 Å².